The van der Waals surface area contributed by atoms with Crippen LogP contribution in [0.4, 0.5) is 0 Å². The van der Waals surface area contributed by atoms with Gasteiger partial charge >= 0.3 is 0 Å². The number of fused-ring (bicyclic) bond motifs is 1. The van der Waals surface area contributed by atoms with Gasteiger partial charge in [0, 0.05) is 11.9 Å². The van der Waals surface area contributed by atoms with Crippen molar-refractivity contribution in [2.75, 3.05) is 7.11 Å². The zero-order valence-electron chi connectivity index (χ0n) is 12.8. The molecule has 0 aliphatic heterocycles. The van der Waals surface area contributed by atoms with Gasteiger partial charge in [0.2, 0.25) is 5.89 Å². The SMILES string of the molecule is COc1cccc(CSc2nnc(-c3ccc4nncn4c3)o2)c1. The fourth-order valence-corrected chi connectivity index (χ4v) is 2.95. The summed E-state index contributed by atoms with van der Waals surface area (Å²) < 4.78 is 12.8. The zero-order valence-corrected chi connectivity index (χ0v) is 13.6. The molecule has 0 saturated heterocycles. The smallest absolute Gasteiger partial charge is 0.277 e. The van der Waals surface area contributed by atoms with Crippen molar-refractivity contribution in [1.82, 2.24) is 24.8 Å². The minimum absolute atomic E-state index is 0.471. The van der Waals surface area contributed by atoms with E-state index in [2.05, 4.69) is 20.4 Å². The van der Waals surface area contributed by atoms with Crippen molar-refractivity contribution >= 4 is 17.4 Å². The molecule has 4 aromatic rings. The van der Waals surface area contributed by atoms with Crippen molar-refractivity contribution < 1.29 is 9.15 Å². The van der Waals surface area contributed by atoms with Crippen LogP contribution in [0.2, 0.25) is 0 Å². The maximum absolute atomic E-state index is 5.73. The molecule has 0 saturated carbocycles. The Morgan fingerprint density at radius 1 is 1.17 bits per heavy atom. The number of rotatable bonds is 5. The lowest BCUT2D eigenvalue weighted by molar-refractivity contribution is 0.414. The van der Waals surface area contributed by atoms with Crippen LogP contribution in [0.25, 0.3) is 17.1 Å². The number of benzene rings is 1. The minimum Gasteiger partial charge on any atom is -0.497 e. The molecule has 0 atom stereocenters. The monoisotopic (exact) mass is 339 g/mol. The highest BCUT2D eigenvalue weighted by Gasteiger charge is 2.10. The highest BCUT2D eigenvalue weighted by atomic mass is 32.2. The van der Waals surface area contributed by atoms with E-state index in [-0.39, 0.29) is 0 Å². The summed E-state index contributed by atoms with van der Waals surface area (Å²) in [7, 11) is 1.66. The quantitative estimate of drug-likeness (QED) is 0.517. The molecule has 0 spiro atoms. The summed E-state index contributed by atoms with van der Waals surface area (Å²) in [5, 5.41) is 16.5. The van der Waals surface area contributed by atoms with Crippen LogP contribution in [0.1, 0.15) is 5.56 Å². The molecule has 0 aliphatic carbocycles. The van der Waals surface area contributed by atoms with Crippen molar-refractivity contribution in [3.8, 4) is 17.2 Å². The molecular weight excluding hydrogens is 326 g/mol. The Balaban J connectivity index is 1.49. The third kappa shape index (κ3) is 2.95. The van der Waals surface area contributed by atoms with E-state index in [0.717, 1.165) is 28.3 Å². The van der Waals surface area contributed by atoms with E-state index in [1.165, 1.54) is 11.8 Å². The van der Waals surface area contributed by atoms with E-state index in [4.69, 9.17) is 9.15 Å². The fraction of sp³-hybridized carbons (Fsp3) is 0.125. The number of aromatic nitrogens is 5. The van der Waals surface area contributed by atoms with Crippen LogP contribution in [-0.2, 0) is 5.75 Å². The maximum atomic E-state index is 5.73. The lowest BCUT2D eigenvalue weighted by Crippen LogP contribution is -1.85. The van der Waals surface area contributed by atoms with Crippen molar-refractivity contribution in [1.29, 1.82) is 0 Å². The number of pyridine rings is 1. The Morgan fingerprint density at radius 2 is 2.12 bits per heavy atom. The number of hydrogen-bond acceptors (Lipinski definition) is 7. The van der Waals surface area contributed by atoms with Gasteiger partial charge in [0.25, 0.3) is 5.22 Å². The first-order chi connectivity index (χ1) is 11.8. The summed E-state index contributed by atoms with van der Waals surface area (Å²) >= 11 is 1.49. The van der Waals surface area contributed by atoms with Crippen molar-refractivity contribution in [2.45, 2.75) is 11.0 Å². The van der Waals surface area contributed by atoms with Gasteiger partial charge in [-0.2, -0.15) is 0 Å². The second kappa shape index (κ2) is 6.32. The first kappa shape index (κ1) is 14.7. The first-order valence-corrected chi connectivity index (χ1v) is 8.19. The Bertz CT molecular complexity index is 981. The van der Waals surface area contributed by atoms with Crippen LogP contribution in [0, 0.1) is 0 Å². The third-order valence-corrected chi connectivity index (χ3v) is 4.33. The van der Waals surface area contributed by atoms with Crippen LogP contribution in [-0.4, -0.2) is 31.9 Å². The van der Waals surface area contributed by atoms with E-state index in [1.54, 1.807) is 13.4 Å². The van der Waals surface area contributed by atoms with Crippen LogP contribution in [0.5, 0.6) is 5.75 Å². The normalized spacial score (nSPS) is 11.0. The van der Waals surface area contributed by atoms with Gasteiger partial charge in [-0.15, -0.1) is 20.4 Å². The topological polar surface area (TPSA) is 78.3 Å². The number of ether oxygens (including phenoxy) is 1. The van der Waals surface area contributed by atoms with E-state index >= 15 is 0 Å². The molecule has 0 bridgehead atoms. The lowest BCUT2D eigenvalue weighted by Gasteiger charge is -2.02. The van der Waals surface area contributed by atoms with E-state index in [1.807, 2.05) is 47.0 Å². The largest absolute Gasteiger partial charge is 0.497 e. The van der Waals surface area contributed by atoms with Gasteiger partial charge in [0.1, 0.15) is 12.1 Å². The maximum Gasteiger partial charge on any atom is 0.277 e. The van der Waals surface area contributed by atoms with Gasteiger partial charge in [0.05, 0.1) is 12.7 Å². The molecule has 0 unspecified atom stereocenters. The molecule has 0 amide bonds. The van der Waals surface area contributed by atoms with Crippen molar-refractivity contribution in [2.24, 2.45) is 0 Å². The fourth-order valence-electron chi connectivity index (χ4n) is 2.25. The van der Waals surface area contributed by atoms with Gasteiger partial charge in [-0.05, 0) is 29.8 Å². The van der Waals surface area contributed by atoms with Gasteiger partial charge in [-0.25, -0.2) is 0 Å². The average molecular weight is 339 g/mol. The highest BCUT2D eigenvalue weighted by Crippen LogP contribution is 2.26. The summed E-state index contributed by atoms with van der Waals surface area (Å²) in [6.45, 7) is 0. The summed E-state index contributed by atoms with van der Waals surface area (Å²) in [5.74, 6) is 2.03. The molecule has 0 aliphatic rings. The Morgan fingerprint density at radius 3 is 3.04 bits per heavy atom. The lowest BCUT2D eigenvalue weighted by atomic mass is 10.2. The molecule has 1 aromatic carbocycles. The van der Waals surface area contributed by atoms with Gasteiger partial charge in [-0.1, -0.05) is 23.9 Å². The van der Waals surface area contributed by atoms with Crippen molar-refractivity contribution in [3.05, 3.63) is 54.5 Å². The second-order valence-corrected chi connectivity index (χ2v) is 5.95. The molecule has 8 heteroatoms. The van der Waals surface area contributed by atoms with Gasteiger partial charge in [-0.3, -0.25) is 4.40 Å². The second-order valence-electron chi connectivity index (χ2n) is 5.03. The number of methoxy groups -OCH3 is 1. The van der Waals surface area contributed by atoms with Crippen molar-refractivity contribution in [3.63, 3.8) is 0 Å². The molecule has 4 rings (SSSR count). The summed E-state index contributed by atoms with van der Waals surface area (Å²) in [4.78, 5) is 0. The Labute approximate surface area is 141 Å². The predicted molar refractivity (Wildman–Crippen MR) is 88.8 cm³/mol. The van der Waals surface area contributed by atoms with E-state index in [9.17, 15) is 0 Å². The minimum atomic E-state index is 0.471. The van der Waals surface area contributed by atoms with Crippen LogP contribution >= 0.6 is 11.8 Å². The summed E-state index contributed by atoms with van der Waals surface area (Å²) in [6, 6.07) is 11.6. The first-order valence-electron chi connectivity index (χ1n) is 7.21. The standard InChI is InChI=1S/C16H13N5O2S/c1-22-13-4-2-3-11(7-13)9-24-16-20-19-15(23-16)12-5-6-14-18-17-10-21(14)8-12/h2-8,10H,9H2,1H3. The molecule has 120 valence electrons. The van der Waals surface area contributed by atoms with Crippen LogP contribution < -0.4 is 4.74 Å². The third-order valence-electron chi connectivity index (χ3n) is 3.44. The number of hydrogen-bond donors (Lipinski definition) is 0. The van der Waals surface area contributed by atoms with Crippen LogP contribution in [0.3, 0.4) is 0 Å². The Kier molecular flexibility index (Phi) is 3.87. The molecule has 24 heavy (non-hydrogen) atoms. The van der Waals surface area contributed by atoms with Crippen LogP contribution in [0.15, 0.2) is 58.6 Å². The zero-order chi connectivity index (χ0) is 16.4. The molecule has 7 nitrogen and oxygen atoms in total. The number of nitrogens with zero attached hydrogens (tertiary/aromatic N) is 5. The molecule has 0 fully saturated rings. The van der Waals surface area contributed by atoms with Gasteiger partial charge in [0.15, 0.2) is 5.65 Å². The summed E-state index contributed by atoms with van der Waals surface area (Å²) in [6.07, 6.45) is 3.49. The molecular formula is C16H13N5O2S. The molecule has 3 aromatic heterocycles. The predicted octanol–water partition coefficient (Wildman–Crippen LogP) is 3.08. The molecule has 0 radical (unpaired) electrons. The molecule has 0 N–H and O–H groups in total. The van der Waals surface area contributed by atoms with E-state index < -0.39 is 0 Å². The summed E-state index contributed by atoms with van der Waals surface area (Å²) in [5.41, 5.74) is 2.72. The van der Waals surface area contributed by atoms with Gasteiger partial charge < -0.3 is 9.15 Å². The number of thioether (sulfide) groups is 1. The van der Waals surface area contributed by atoms with E-state index in [0.29, 0.717) is 11.1 Å². The highest BCUT2D eigenvalue weighted by molar-refractivity contribution is 7.98. The Hall–Kier alpha value is -2.87. The average Bonchev–Trinajstić information content (AvgIpc) is 3.28. The molecule has 3 heterocycles.